The van der Waals surface area contributed by atoms with Crippen LogP contribution >= 0.6 is 11.8 Å². The lowest BCUT2D eigenvalue weighted by Gasteiger charge is -2.49. The quantitative estimate of drug-likeness (QED) is 0.718. The van der Waals surface area contributed by atoms with Crippen molar-refractivity contribution in [3.63, 3.8) is 0 Å². The van der Waals surface area contributed by atoms with E-state index in [2.05, 4.69) is 37.8 Å². The molecule has 2 heteroatoms. The summed E-state index contributed by atoms with van der Waals surface area (Å²) in [4.78, 5) is 0. The summed E-state index contributed by atoms with van der Waals surface area (Å²) >= 11 is 2.22. The molecule has 0 spiro atoms. The van der Waals surface area contributed by atoms with Gasteiger partial charge in [0, 0.05) is 23.1 Å². The van der Waals surface area contributed by atoms with E-state index in [0.29, 0.717) is 5.41 Å². The van der Waals surface area contributed by atoms with E-state index >= 15 is 0 Å². The Morgan fingerprint density at radius 1 is 1.43 bits per heavy atom. The maximum absolute atomic E-state index is 3.87. The Hall–Kier alpha value is 0.310. The Labute approximate surface area is 92.4 Å². The second-order valence-electron chi connectivity index (χ2n) is 5.50. The number of rotatable bonds is 1. The van der Waals surface area contributed by atoms with Crippen molar-refractivity contribution in [1.29, 1.82) is 0 Å². The molecular formula is C12H23NS. The van der Waals surface area contributed by atoms with Crippen molar-refractivity contribution in [3.05, 3.63) is 0 Å². The van der Waals surface area contributed by atoms with Crippen LogP contribution in [0.2, 0.25) is 0 Å². The molecule has 0 aromatic carbocycles. The van der Waals surface area contributed by atoms with E-state index < -0.39 is 0 Å². The molecule has 82 valence electrons. The fourth-order valence-electron chi connectivity index (χ4n) is 2.87. The third-order valence-corrected chi connectivity index (χ3v) is 5.47. The Bertz CT molecular complexity index is 202. The normalized spacial score (nSPS) is 41.8. The second kappa shape index (κ2) is 4.05. The highest BCUT2D eigenvalue weighted by Gasteiger charge is 2.42. The lowest BCUT2D eigenvalue weighted by atomic mass is 9.72. The molecule has 3 unspecified atom stereocenters. The Morgan fingerprint density at radius 3 is 2.93 bits per heavy atom. The Kier molecular flexibility index (Phi) is 3.13. The van der Waals surface area contributed by atoms with Crippen LogP contribution in [0.3, 0.4) is 0 Å². The molecule has 1 N–H and O–H groups in total. The average Bonchev–Trinajstić information content (AvgIpc) is 2.17. The lowest BCUT2D eigenvalue weighted by Crippen LogP contribution is -2.58. The molecule has 2 rings (SSSR count). The van der Waals surface area contributed by atoms with E-state index in [4.69, 9.17) is 0 Å². The summed E-state index contributed by atoms with van der Waals surface area (Å²) < 4.78 is 0. The molecule has 1 saturated carbocycles. The summed E-state index contributed by atoms with van der Waals surface area (Å²) in [6.45, 7) is 7.18. The SMILES string of the molecule is CCC1CSC2CCCC(C)(C)C2N1. The molecule has 0 bridgehead atoms. The predicted octanol–water partition coefficient (Wildman–Crippen LogP) is 3.05. The van der Waals surface area contributed by atoms with Gasteiger partial charge in [0.25, 0.3) is 0 Å². The highest BCUT2D eigenvalue weighted by molar-refractivity contribution is 8.00. The van der Waals surface area contributed by atoms with Gasteiger partial charge in [0.05, 0.1) is 0 Å². The zero-order chi connectivity index (χ0) is 10.2. The minimum atomic E-state index is 0.518. The van der Waals surface area contributed by atoms with Gasteiger partial charge in [-0.15, -0.1) is 0 Å². The van der Waals surface area contributed by atoms with E-state index in [1.807, 2.05) is 0 Å². The lowest BCUT2D eigenvalue weighted by molar-refractivity contribution is 0.158. The van der Waals surface area contributed by atoms with Crippen molar-refractivity contribution in [3.8, 4) is 0 Å². The maximum Gasteiger partial charge on any atom is 0.0240 e. The minimum absolute atomic E-state index is 0.518. The highest BCUT2D eigenvalue weighted by Crippen LogP contribution is 2.43. The molecule has 1 aliphatic carbocycles. The molecule has 0 aromatic rings. The third-order valence-electron chi connectivity index (χ3n) is 3.94. The molecule has 0 aromatic heterocycles. The van der Waals surface area contributed by atoms with Gasteiger partial charge in [0.15, 0.2) is 0 Å². The number of fused-ring (bicyclic) bond motifs is 1. The molecule has 1 nitrogen and oxygen atoms in total. The molecule has 1 saturated heterocycles. The van der Waals surface area contributed by atoms with Gasteiger partial charge in [-0.2, -0.15) is 11.8 Å². The summed E-state index contributed by atoms with van der Waals surface area (Å²) in [5.41, 5.74) is 0.518. The summed E-state index contributed by atoms with van der Waals surface area (Å²) in [6.07, 6.45) is 5.55. The first-order valence-corrected chi connectivity index (χ1v) is 7.06. The van der Waals surface area contributed by atoms with E-state index in [1.54, 1.807) is 0 Å². The average molecular weight is 213 g/mol. The molecule has 2 fully saturated rings. The van der Waals surface area contributed by atoms with Crippen LogP contribution in [0.5, 0.6) is 0 Å². The zero-order valence-corrected chi connectivity index (χ0v) is 10.5. The molecule has 0 radical (unpaired) electrons. The number of hydrogen-bond acceptors (Lipinski definition) is 2. The fraction of sp³-hybridized carbons (Fsp3) is 1.00. The highest BCUT2D eigenvalue weighted by atomic mass is 32.2. The first-order valence-electron chi connectivity index (χ1n) is 6.01. The van der Waals surface area contributed by atoms with Gasteiger partial charge in [-0.05, 0) is 24.7 Å². The summed E-state index contributed by atoms with van der Waals surface area (Å²) in [5.74, 6) is 1.33. The standard InChI is InChI=1S/C12H23NS/c1-4-9-8-14-10-6-5-7-12(2,3)11(10)13-9/h9-11,13H,4-8H2,1-3H3. The molecule has 1 aliphatic heterocycles. The Morgan fingerprint density at radius 2 is 2.21 bits per heavy atom. The number of thioether (sulfide) groups is 1. The van der Waals surface area contributed by atoms with Crippen LogP contribution in [-0.4, -0.2) is 23.1 Å². The van der Waals surface area contributed by atoms with Gasteiger partial charge in [-0.3, -0.25) is 0 Å². The van der Waals surface area contributed by atoms with Crippen molar-refractivity contribution < 1.29 is 0 Å². The third kappa shape index (κ3) is 1.96. The zero-order valence-electron chi connectivity index (χ0n) is 9.68. The topological polar surface area (TPSA) is 12.0 Å². The van der Waals surface area contributed by atoms with Crippen LogP contribution in [-0.2, 0) is 0 Å². The summed E-state index contributed by atoms with van der Waals surface area (Å²) in [5, 5.41) is 4.76. The van der Waals surface area contributed by atoms with Crippen LogP contribution in [0.25, 0.3) is 0 Å². The van der Waals surface area contributed by atoms with Crippen molar-refractivity contribution in [1.82, 2.24) is 5.32 Å². The van der Waals surface area contributed by atoms with Crippen LogP contribution in [0, 0.1) is 5.41 Å². The largest absolute Gasteiger partial charge is 0.309 e. The van der Waals surface area contributed by atoms with Gasteiger partial charge in [-0.25, -0.2) is 0 Å². The summed E-state index contributed by atoms with van der Waals surface area (Å²) in [7, 11) is 0. The summed E-state index contributed by atoms with van der Waals surface area (Å²) in [6, 6.07) is 1.53. The van der Waals surface area contributed by atoms with E-state index in [0.717, 1.165) is 17.3 Å². The maximum atomic E-state index is 3.87. The van der Waals surface area contributed by atoms with E-state index in [-0.39, 0.29) is 0 Å². The number of hydrogen-bond donors (Lipinski definition) is 1. The molecular weight excluding hydrogens is 190 g/mol. The molecule has 2 aliphatic rings. The van der Waals surface area contributed by atoms with E-state index in [9.17, 15) is 0 Å². The van der Waals surface area contributed by atoms with Gasteiger partial charge >= 0.3 is 0 Å². The van der Waals surface area contributed by atoms with Gasteiger partial charge in [0.2, 0.25) is 0 Å². The van der Waals surface area contributed by atoms with Crippen LogP contribution in [0.4, 0.5) is 0 Å². The van der Waals surface area contributed by atoms with Gasteiger partial charge < -0.3 is 5.32 Å². The molecule has 0 amide bonds. The Balaban J connectivity index is 2.06. The van der Waals surface area contributed by atoms with Crippen LogP contribution < -0.4 is 5.32 Å². The smallest absolute Gasteiger partial charge is 0.0240 e. The first kappa shape index (κ1) is 10.8. The molecule has 3 atom stereocenters. The minimum Gasteiger partial charge on any atom is -0.309 e. The monoisotopic (exact) mass is 213 g/mol. The van der Waals surface area contributed by atoms with Crippen molar-refractivity contribution in [2.75, 3.05) is 5.75 Å². The van der Waals surface area contributed by atoms with Gasteiger partial charge in [0.1, 0.15) is 0 Å². The van der Waals surface area contributed by atoms with Crippen LogP contribution in [0.1, 0.15) is 46.5 Å². The number of nitrogens with one attached hydrogen (secondary N) is 1. The van der Waals surface area contributed by atoms with Crippen molar-refractivity contribution in [2.45, 2.75) is 63.8 Å². The van der Waals surface area contributed by atoms with Crippen molar-refractivity contribution >= 4 is 11.8 Å². The van der Waals surface area contributed by atoms with Crippen molar-refractivity contribution in [2.24, 2.45) is 5.41 Å². The second-order valence-corrected chi connectivity index (χ2v) is 6.77. The molecule has 1 heterocycles. The first-order chi connectivity index (χ1) is 6.63. The van der Waals surface area contributed by atoms with Gasteiger partial charge in [-0.1, -0.05) is 27.2 Å². The van der Waals surface area contributed by atoms with Crippen LogP contribution in [0.15, 0.2) is 0 Å². The molecule has 14 heavy (non-hydrogen) atoms. The predicted molar refractivity (Wildman–Crippen MR) is 64.9 cm³/mol. The van der Waals surface area contributed by atoms with E-state index in [1.165, 1.54) is 31.4 Å². The fourth-order valence-corrected chi connectivity index (χ4v) is 4.66.